The topological polar surface area (TPSA) is 76.4 Å². The number of benzene rings is 1. The third kappa shape index (κ3) is 4.97. The number of amides is 1. The number of likely N-dealkylation sites (tertiary alicyclic amines) is 1. The summed E-state index contributed by atoms with van der Waals surface area (Å²) in [5.74, 6) is 0.711. The summed E-state index contributed by atoms with van der Waals surface area (Å²) in [6.45, 7) is 5.31. The van der Waals surface area contributed by atoms with Crippen LogP contribution in [0.15, 0.2) is 24.3 Å². The van der Waals surface area contributed by atoms with Crippen molar-refractivity contribution in [2.45, 2.75) is 44.8 Å². The molecule has 29 heavy (non-hydrogen) atoms. The number of hydrogen-bond donors (Lipinski definition) is 0. The Morgan fingerprint density at radius 3 is 2.76 bits per heavy atom. The number of morpholine rings is 1. The van der Waals surface area contributed by atoms with Crippen LogP contribution >= 0.6 is 0 Å². The number of nitrogens with zero attached hydrogens (tertiary/aromatic N) is 6. The lowest BCUT2D eigenvalue weighted by Crippen LogP contribution is -2.36. The van der Waals surface area contributed by atoms with Gasteiger partial charge >= 0.3 is 0 Å². The Balaban J connectivity index is 1.29. The Morgan fingerprint density at radius 1 is 1.17 bits per heavy atom. The molecule has 8 nitrogen and oxygen atoms in total. The highest BCUT2D eigenvalue weighted by Crippen LogP contribution is 2.32. The molecule has 1 aromatic heterocycles. The predicted molar refractivity (Wildman–Crippen MR) is 103 cm³/mol. The molecule has 9 heteroatoms. The first-order valence-electron chi connectivity index (χ1n) is 10.3. The van der Waals surface area contributed by atoms with E-state index in [4.69, 9.17) is 4.74 Å². The molecular formula is C20H27FN6O2. The van der Waals surface area contributed by atoms with Crippen molar-refractivity contribution in [3.05, 3.63) is 41.5 Å². The molecule has 2 aliphatic rings. The lowest BCUT2D eigenvalue weighted by Gasteiger charge is -2.26. The summed E-state index contributed by atoms with van der Waals surface area (Å²) in [4.78, 5) is 17.0. The van der Waals surface area contributed by atoms with Gasteiger partial charge in [0.2, 0.25) is 5.91 Å². The Hall–Kier alpha value is -2.39. The molecule has 4 rings (SSSR count). The van der Waals surface area contributed by atoms with E-state index in [2.05, 4.69) is 20.4 Å². The molecule has 0 bridgehead atoms. The van der Waals surface area contributed by atoms with Gasteiger partial charge in [-0.1, -0.05) is 12.1 Å². The van der Waals surface area contributed by atoms with Crippen LogP contribution in [0.3, 0.4) is 0 Å². The average molecular weight is 402 g/mol. The molecule has 0 spiro atoms. The summed E-state index contributed by atoms with van der Waals surface area (Å²) < 4.78 is 20.4. The molecular weight excluding hydrogens is 375 g/mol. The SMILES string of the molecule is O=C(CCCn1nnnc1CN1CCOCC1)N1CCC[C@H]1c1ccc(F)cc1. The summed E-state index contributed by atoms with van der Waals surface area (Å²) in [6.07, 6.45) is 3.04. The number of aryl methyl sites for hydroxylation is 1. The van der Waals surface area contributed by atoms with Gasteiger partial charge in [0.15, 0.2) is 5.82 Å². The zero-order valence-corrected chi connectivity index (χ0v) is 16.5. The van der Waals surface area contributed by atoms with Crippen LogP contribution in [0.1, 0.15) is 43.1 Å². The van der Waals surface area contributed by atoms with Crippen LogP contribution in [0.5, 0.6) is 0 Å². The number of aromatic nitrogens is 4. The number of ether oxygens (including phenoxy) is 1. The molecule has 0 saturated carbocycles. The molecule has 1 aromatic carbocycles. The molecule has 0 unspecified atom stereocenters. The lowest BCUT2D eigenvalue weighted by atomic mass is 10.0. The van der Waals surface area contributed by atoms with Gasteiger partial charge in [-0.25, -0.2) is 9.07 Å². The van der Waals surface area contributed by atoms with Crippen molar-refractivity contribution in [3.63, 3.8) is 0 Å². The van der Waals surface area contributed by atoms with Gasteiger partial charge in [-0.15, -0.1) is 5.10 Å². The van der Waals surface area contributed by atoms with Gasteiger partial charge in [0.05, 0.1) is 25.8 Å². The summed E-state index contributed by atoms with van der Waals surface area (Å²) in [5.41, 5.74) is 1.01. The molecule has 0 aliphatic carbocycles. The summed E-state index contributed by atoms with van der Waals surface area (Å²) >= 11 is 0. The average Bonchev–Trinajstić information content (AvgIpc) is 3.39. The monoisotopic (exact) mass is 402 g/mol. The first-order valence-corrected chi connectivity index (χ1v) is 10.3. The summed E-state index contributed by atoms with van der Waals surface area (Å²) in [6, 6.07) is 6.54. The van der Waals surface area contributed by atoms with Crippen molar-refractivity contribution < 1.29 is 13.9 Å². The predicted octanol–water partition coefficient (Wildman–Crippen LogP) is 1.79. The summed E-state index contributed by atoms with van der Waals surface area (Å²) in [7, 11) is 0. The molecule has 156 valence electrons. The van der Waals surface area contributed by atoms with E-state index in [1.54, 1.807) is 16.8 Å². The normalized spacial score (nSPS) is 20.3. The van der Waals surface area contributed by atoms with Crippen molar-refractivity contribution >= 4 is 5.91 Å². The van der Waals surface area contributed by atoms with Gasteiger partial charge in [-0.05, 0) is 47.4 Å². The Labute approximate surface area is 169 Å². The molecule has 2 aliphatic heterocycles. The van der Waals surface area contributed by atoms with Gasteiger partial charge in [0.1, 0.15) is 5.82 Å². The van der Waals surface area contributed by atoms with Crippen LogP contribution in [0.2, 0.25) is 0 Å². The Bertz CT molecular complexity index is 806. The largest absolute Gasteiger partial charge is 0.379 e. The van der Waals surface area contributed by atoms with E-state index in [0.717, 1.165) is 57.1 Å². The van der Waals surface area contributed by atoms with Crippen molar-refractivity contribution in [3.8, 4) is 0 Å². The quantitative estimate of drug-likeness (QED) is 0.703. The highest BCUT2D eigenvalue weighted by atomic mass is 19.1. The number of tetrazole rings is 1. The second kappa shape index (κ2) is 9.41. The number of rotatable bonds is 7. The van der Waals surface area contributed by atoms with Crippen LogP contribution in [0, 0.1) is 5.82 Å². The van der Waals surface area contributed by atoms with Crippen molar-refractivity contribution in [2.75, 3.05) is 32.8 Å². The molecule has 1 atom stereocenters. The number of carbonyl (C=O) groups is 1. The van der Waals surface area contributed by atoms with E-state index < -0.39 is 0 Å². The zero-order chi connectivity index (χ0) is 20.1. The smallest absolute Gasteiger partial charge is 0.223 e. The van der Waals surface area contributed by atoms with Crippen LogP contribution < -0.4 is 0 Å². The minimum Gasteiger partial charge on any atom is -0.379 e. The van der Waals surface area contributed by atoms with Crippen molar-refractivity contribution in [2.24, 2.45) is 0 Å². The van der Waals surface area contributed by atoms with Crippen LogP contribution in [0.25, 0.3) is 0 Å². The van der Waals surface area contributed by atoms with Gasteiger partial charge in [-0.3, -0.25) is 9.69 Å². The van der Waals surface area contributed by atoms with Crippen molar-refractivity contribution in [1.82, 2.24) is 30.0 Å². The van der Waals surface area contributed by atoms with Gasteiger partial charge < -0.3 is 9.64 Å². The van der Waals surface area contributed by atoms with E-state index in [9.17, 15) is 9.18 Å². The van der Waals surface area contributed by atoms with Gasteiger partial charge in [-0.2, -0.15) is 0 Å². The summed E-state index contributed by atoms with van der Waals surface area (Å²) in [5, 5.41) is 12.0. The standard InChI is InChI=1S/C20H27FN6O2/c21-17-7-5-16(6-8-17)18-3-1-9-26(18)20(28)4-2-10-27-19(22-23-24-27)15-25-11-13-29-14-12-25/h5-8,18H,1-4,9-15H2/t18-/m0/s1. The van der Waals surface area contributed by atoms with Gasteiger partial charge in [0.25, 0.3) is 0 Å². The number of carbonyl (C=O) groups excluding carboxylic acids is 1. The molecule has 3 heterocycles. The second-order valence-corrected chi connectivity index (χ2v) is 7.61. The van der Waals surface area contributed by atoms with E-state index in [1.807, 2.05) is 4.90 Å². The van der Waals surface area contributed by atoms with Gasteiger partial charge in [0, 0.05) is 32.6 Å². The van der Waals surface area contributed by atoms with Crippen LogP contribution in [-0.2, 0) is 22.6 Å². The maximum Gasteiger partial charge on any atom is 0.223 e. The van der Waals surface area contributed by atoms with E-state index in [-0.39, 0.29) is 17.8 Å². The Morgan fingerprint density at radius 2 is 1.97 bits per heavy atom. The molecule has 0 N–H and O–H groups in total. The minimum atomic E-state index is -0.251. The maximum atomic E-state index is 13.2. The number of halogens is 1. The molecule has 2 saturated heterocycles. The highest BCUT2D eigenvalue weighted by molar-refractivity contribution is 5.77. The second-order valence-electron chi connectivity index (χ2n) is 7.61. The fraction of sp³-hybridized carbons (Fsp3) is 0.600. The van der Waals surface area contributed by atoms with Crippen molar-refractivity contribution in [1.29, 1.82) is 0 Å². The minimum absolute atomic E-state index is 0.0491. The molecule has 1 amide bonds. The highest BCUT2D eigenvalue weighted by Gasteiger charge is 2.29. The Kier molecular flexibility index (Phi) is 6.46. The van der Waals surface area contributed by atoms with Crippen LogP contribution in [-0.4, -0.2) is 68.8 Å². The third-order valence-electron chi connectivity index (χ3n) is 5.66. The lowest BCUT2D eigenvalue weighted by molar-refractivity contribution is -0.132. The van der Waals surface area contributed by atoms with E-state index in [0.29, 0.717) is 25.9 Å². The first-order chi connectivity index (χ1) is 14.2. The fourth-order valence-electron chi connectivity index (χ4n) is 4.09. The van der Waals surface area contributed by atoms with E-state index in [1.165, 1.54) is 12.1 Å². The molecule has 2 fully saturated rings. The van der Waals surface area contributed by atoms with E-state index >= 15 is 0 Å². The zero-order valence-electron chi connectivity index (χ0n) is 16.5. The third-order valence-corrected chi connectivity index (χ3v) is 5.66. The maximum absolute atomic E-state index is 13.2. The first kappa shape index (κ1) is 19.9. The van der Waals surface area contributed by atoms with Crippen LogP contribution in [0.4, 0.5) is 4.39 Å². The fourth-order valence-corrected chi connectivity index (χ4v) is 4.09. The number of hydrogen-bond acceptors (Lipinski definition) is 6. The molecule has 2 aromatic rings. The molecule has 0 radical (unpaired) electrons.